The van der Waals surface area contributed by atoms with Crippen molar-refractivity contribution in [2.75, 3.05) is 13.1 Å². The summed E-state index contributed by atoms with van der Waals surface area (Å²) in [5.74, 6) is 0.707. The lowest BCUT2D eigenvalue weighted by molar-refractivity contribution is -0.138. The molecule has 0 N–H and O–H groups in total. The highest BCUT2D eigenvalue weighted by atomic mass is 16.2. The van der Waals surface area contributed by atoms with Crippen molar-refractivity contribution in [2.45, 2.75) is 47.1 Å². The molecule has 25 heavy (non-hydrogen) atoms. The Balaban J connectivity index is 1.60. The lowest BCUT2D eigenvalue weighted by Gasteiger charge is -2.25. The van der Waals surface area contributed by atoms with E-state index in [1.165, 1.54) is 0 Å². The molecule has 0 spiro atoms. The van der Waals surface area contributed by atoms with E-state index in [1.54, 1.807) is 0 Å². The second kappa shape index (κ2) is 6.94. The normalized spacial score (nSPS) is 17.9. The van der Waals surface area contributed by atoms with Gasteiger partial charge >= 0.3 is 0 Å². The molecule has 2 aromatic rings. The second-order valence-corrected chi connectivity index (χ2v) is 7.84. The summed E-state index contributed by atoms with van der Waals surface area (Å²) in [6.45, 7) is 10.5. The zero-order valence-electron chi connectivity index (χ0n) is 15.6. The first-order chi connectivity index (χ1) is 11.9. The van der Waals surface area contributed by atoms with Crippen LogP contribution in [0.4, 0.5) is 0 Å². The Bertz CT molecular complexity index is 729. The molecular formula is C19H27N5O. The number of carbonyl (C=O) groups excluding carboxylic acids is 1. The Morgan fingerprint density at radius 1 is 1.24 bits per heavy atom. The smallest absolute Gasteiger partial charge is 0.227 e. The number of carbonyl (C=O) groups is 1. The average Bonchev–Trinajstić information content (AvgIpc) is 3.23. The number of nitrogens with zero attached hydrogens (tertiary/aromatic N) is 5. The Labute approximate surface area is 149 Å². The molecule has 0 saturated carbocycles. The van der Waals surface area contributed by atoms with E-state index in [9.17, 15) is 4.79 Å². The van der Waals surface area contributed by atoms with E-state index in [4.69, 9.17) is 0 Å². The number of hydrogen-bond donors (Lipinski definition) is 0. The summed E-state index contributed by atoms with van der Waals surface area (Å²) in [5.41, 5.74) is 2.52. The molecule has 0 radical (unpaired) electrons. The minimum Gasteiger partial charge on any atom is -0.342 e. The fourth-order valence-electron chi connectivity index (χ4n) is 3.23. The Hall–Kier alpha value is -2.24. The highest BCUT2D eigenvalue weighted by molar-refractivity contribution is 5.81. The van der Waals surface area contributed by atoms with E-state index < -0.39 is 0 Å². The van der Waals surface area contributed by atoms with Crippen molar-refractivity contribution in [1.29, 1.82) is 0 Å². The number of rotatable bonds is 4. The quantitative estimate of drug-likeness (QED) is 0.858. The maximum absolute atomic E-state index is 12.4. The molecular weight excluding hydrogens is 314 g/mol. The monoisotopic (exact) mass is 341 g/mol. The molecule has 6 heteroatoms. The van der Waals surface area contributed by atoms with Crippen LogP contribution in [-0.2, 0) is 17.8 Å². The van der Waals surface area contributed by atoms with Crippen molar-refractivity contribution in [1.82, 2.24) is 24.6 Å². The fraction of sp³-hybridized carbons (Fsp3) is 0.579. The lowest BCUT2D eigenvalue weighted by atomic mass is 9.95. The molecule has 1 amide bonds. The van der Waals surface area contributed by atoms with Crippen molar-refractivity contribution >= 4 is 5.91 Å². The third-order valence-corrected chi connectivity index (χ3v) is 4.67. The third-order valence-electron chi connectivity index (χ3n) is 4.67. The van der Waals surface area contributed by atoms with Gasteiger partial charge in [-0.3, -0.25) is 19.4 Å². The second-order valence-electron chi connectivity index (χ2n) is 7.84. The minimum atomic E-state index is -0.306. The molecule has 1 unspecified atom stereocenters. The van der Waals surface area contributed by atoms with Gasteiger partial charge in [-0.15, -0.1) is 0 Å². The first-order valence-corrected chi connectivity index (χ1v) is 9.00. The van der Waals surface area contributed by atoms with Crippen LogP contribution in [0.15, 0.2) is 24.8 Å². The third kappa shape index (κ3) is 4.06. The molecule has 1 fully saturated rings. The van der Waals surface area contributed by atoms with Crippen LogP contribution in [0.3, 0.4) is 0 Å². The largest absolute Gasteiger partial charge is 0.342 e. The van der Waals surface area contributed by atoms with Crippen LogP contribution >= 0.6 is 0 Å². The number of hydrogen-bond acceptors (Lipinski definition) is 4. The van der Waals surface area contributed by atoms with Gasteiger partial charge in [0.2, 0.25) is 5.91 Å². The first-order valence-electron chi connectivity index (χ1n) is 9.00. The zero-order valence-corrected chi connectivity index (χ0v) is 15.6. The average molecular weight is 341 g/mol. The van der Waals surface area contributed by atoms with Gasteiger partial charge in [-0.2, -0.15) is 5.10 Å². The first kappa shape index (κ1) is 17.6. The molecule has 0 aliphatic carbocycles. The summed E-state index contributed by atoms with van der Waals surface area (Å²) in [5, 5.41) is 4.27. The maximum Gasteiger partial charge on any atom is 0.227 e. The summed E-state index contributed by atoms with van der Waals surface area (Å²) < 4.78 is 1.88. The predicted octanol–water partition coefficient (Wildman–Crippen LogP) is 2.80. The van der Waals surface area contributed by atoms with Gasteiger partial charge in [0.15, 0.2) is 0 Å². The van der Waals surface area contributed by atoms with Crippen molar-refractivity contribution in [3.05, 3.63) is 30.5 Å². The van der Waals surface area contributed by atoms with Gasteiger partial charge in [-0.25, -0.2) is 0 Å². The molecule has 1 atom stereocenters. The van der Waals surface area contributed by atoms with Gasteiger partial charge in [0.25, 0.3) is 0 Å². The molecule has 6 nitrogen and oxygen atoms in total. The topological polar surface area (TPSA) is 63.9 Å². The summed E-state index contributed by atoms with van der Waals surface area (Å²) >= 11 is 0. The molecule has 3 heterocycles. The van der Waals surface area contributed by atoms with E-state index in [2.05, 4.69) is 22.0 Å². The highest BCUT2D eigenvalue weighted by Crippen LogP contribution is 2.26. The molecule has 0 aromatic carbocycles. The van der Waals surface area contributed by atoms with E-state index in [-0.39, 0.29) is 11.3 Å². The van der Waals surface area contributed by atoms with E-state index in [0.717, 1.165) is 49.4 Å². The molecule has 1 aliphatic rings. The van der Waals surface area contributed by atoms with E-state index >= 15 is 0 Å². The standard InChI is InChI=1S/C19H27N5O/c1-5-24-13-15(9-22-24)17-11-20-16(10-21-17)8-14-6-7-23(12-14)18(25)19(2,3)4/h9-11,13-14H,5-8,12H2,1-4H3. The van der Waals surface area contributed by atoms with Crippen molar-refractivity contribution in [3.8, 4) is 11.3 Å². The summed E-state index contributed by atoms with van der Waals surface area (Å²) in [7, 11) is 0. The van der Waals surface area contributed by atoms with Crippen LogP contribution in [0.2, 0.25) is 0 Å². The maximum atomic E-state index is 12.4. The van der Waals surface area contributed by atoms with Crippen molar-refractivity contribution in [2.24, 2.45) is 11.3 Å². The molecule has 2 aromatic heterocycles. The Kier molecular flexibility index (Phi) is 4.88. The van der Waals surface area contributed by atoms with Crippen molar-refractivity contribution < 1.29 is 4.79 Å². The van der Waals surface area contributed by atoms with E-state index in [1.807, 2.05) is 55.1 Å². The van der Waals surface area contributed by atoms with Gasteiger partial charge in [-0.05, 0) is 25.7 Å². The Morgan fingerprint density at radius 2 is 2.04 bits per heavy atom. The molecule has 1 aliphatic heterocycles. The van der Waals surface area contributed by atoms with Crippen LogP contribution in [0.5, 0.6) is 0 Å². The van der Waals surface area contributed by atoms with Crippen LogP contribution < -0.4 is 0 Å². The number of aromatic nitrogens is 4. The number of amides is 1. The van der Waals surface area contributed by atoms with Gasteiger partial charge in [-0.1, -0.05) is 20.8 Å². The lowest BCUT2D eigenvalue weighted by Crippen LogP contribution is -2.38. The summed E-state index contributed by atoms with van der Waals surface area (Å²) in [4.78, 5) is 23.5. The summed E-state index contributed by atoms with van der Waals surface area (Å²) in [6, 6.07) is 0. The van der Waals surface area contributed by atoms with Crippen LogP contribution in [0, 0.1) is 11.3 Å². The number of aryl methyl sites for hydroxylation is 1. The van der Waals surface area contributed by atoms with Crippen molar-refractivity contribution in [3.63, 3.8) is 0 Å². The van der Waals surface area contributed by atoms with Gasteiger partial charge < -0.3 is 4.90 Å². The predicted molar refractivity (Wildman–Crippen MR) is 96.8 cm³/mol. The van der Waals surface area contributed by atoms with Gasteiger partial charge in [0.05, 0.1) is 23.8 Å². The Morgan fingerprint density at radius 3 is 2.64 bits per heavy atom. The van der Waals surface area contributed by atoms with Crippen LogP contribution in [0.25, 0.3) is 11.3 Å². The molecule has 0 bridgehead atoms. The highest BCUT2D eigenvalue weighted by Gasteiger charge is 2.32. The SMILES string of the molecule is CCn1cc(-c2cnc(CC3CCN(C(=O)C(C)(C)C)C3)cn2)cn1. The van der Waals surface area contributed by atoms with Gasteiger partial charge in [0.1, 0.15) is 0 Å². The summed E-state index contributed by atoms with van der Waals surface area (Å²) in [6.07, 6.45) is 9.38. The van der Waals surface area contributed by atoms with Crippen LogP contribution in [0.1, 0.15) is 39.8 Å². The number of likely N-dealkylation sites (tertiary alicyclic amines) is 1. The fourth-order valence-corrected chi connectivity index (χ4v) is 3.23. The van der Waals surface area contributed by atoms with E-state index in [0.29, 0.717) is 5.92 Å². The van der Waals surface area contributed by atoms with Crippen LogP contribution in [-0.4, -0.2) is 43.6 Å². The molecule has 1 saturated heterocycles. The molecule has 134 valence electrons. The minimum absolute atomic E-state index is 0.240. The molecule has 3 rings (SSSR count). The zero-order chi connectivity index (χ0) is 18.0. The van der Waals surface area contributed by atoms with Gasteiger partial charge in [0, 0.05) is 43.0 Å².